The Kier molecular flexibility index (Phi) is 5.19. The van der Waals surface area contributed by atoms with Crippen molar-refractivity contribution in [2.75, 3.05) is 0 Å². The van der Waals surface area contributed by atoms with Crippen LogP contribution < -0.4 is 0 Å². The lowest BCUT2D eigenvalue weighted by molar-refractivity contribution is -0.141. The lowest BCUT2D eigenvalue weighted by Crippen LogP contribution is -2.43. The number of carbonyl (C=O) groups is 3. The van der Waals surface area contributed by atoms with Crippen molar-refractivity contribution >= 4 is 17.8 Å². The number of amides is 4. The third-order valence-corrected chi connectivity index (χ3v) is 6.08. The highest BCUT2D eigenvalue weighted by molar-refractivity contribution is 6.13. The summed E-state index contributed by atoms with van der Waals surface area (Å²) in [5, 5.41) is 0. The van der Waals surface area contributed by atoms with E-state index in [1.54, 1.807) is 9.80 Å². The maximum atomic E-state index is 13.4. The molecule has 0 aliphatic carbocycles. The van der Waals surface area contributed by atoms with Gasteiger partial charge in [-0.05, 0) is 16.7 Å². The highest BCUT2D eigenvalue weighted by atomic mass is 16.2. The Bertz CT molecular complexity index is 1070. The van der Waals surface area contributed by atoms with Gasteiger partial charge < -0.3 is 9.80 Å². The second-order valence-electron chi connectivity index (χ2n) is 8.15. The molecule has 4 amide bonds. The van der Waals surface area contributed by atoms with Crippen LogP contribution in [0.25, 0.3) is 0 Å². The molecule has 6 nitrogen and oxygen atoms in total. The number of urea groups is 1. The molecule has 0 N–H and O–H groups in total. The fourth-order valence-corrected chi connectivity index (χ4v) is 4.52. The Hall–Kier alpha value is -3.93. The number of likely N-dealkylation sites (tertiary alicyclic amines) is 1. The van der Waals surface area contributed by atoms with Crippen LogP contribution >= 0.6 is 0 Å². The van der Waals surface area contributed by atoms with Crippen LogP contribution in [0.5, 0.6) is 0 Å². The van der Waals surface area contributed by atoms with Crippen molar-refractivity contribution in [2.24, 2.45) is 0 Å². The molecule has 160 valence electrons. The number of imide groups is 1. The van der Waals surface area contributed by atoms with Crippen LogP contribution in [0.1, 0.15) is 16.7 Å². The van der Waals surface area contributed by atoms with Crippen LogP contribution in [0.4, 0.5) is 4.79 Å². The van der Waals surface area contributed by atoms with Gasteiger partial charge in [0.1, 0.15) is 12.1 Å². The van der Waals surface area contributed by atoms with Crippen LogP contribution in [-0.4, -0.2) is 44.6 Å². The summed E-state index contributed by atoms with van der Waals surface area (Å²) in [7, 11) is 0. The van der Waals surface area contributed by atoms with E-state index in [2.05, 4.69) is 0 Å². The van der Waals surface area contributed by atoms with E-state index in [-0.39, 0.29) is 37.5 Å². The van der Waals surface area contributed by atoms with Crippen LogP contribution in [0, 0.1) is 0 Å². The quantitative estimate of drug-likeness (QED) is 0.569. The van der Waals surface area contributed by atoms with E-state index in [9.17, 15) is 14.4 Å². The van der Waals surface area contributed by atoms with Crippen LogP contribution in [0.3, 0.4) is 0 Å². The average Bonchev–Trinajstić information content (AvgIpc) is 3.23. The molecule has 2 aliphatic rings. The predicted octanol–water partition coefficient (Wildman–Crippen LogP) is 3.43. The van der Waals surface area contributed by atoms with E-state index >= 15 is 0 Å². The van der Waals surface area contributed by atoms with E-state index in [1.807, 2.05) is 91.0 Å². The number of hydrogen-bond acceptors (Lipinski definition) is 3. The highest BCUT2D eigenvalue weighted by Crippen LogP contribution is 2.34. The molecule has 2 saturated heterocycles. The smallest absolute Gasteiger partial charge is 0.306 e. The summed E-state index contributed by atoms with van der Waals surface area (Å²) >= 11 is 0. The van der Waals surface area contributed by atoms with Gasteiger partial charge in [-0.2, -0.15) is 0 Å². The molecular weight excluding hydrogens is 402 g/mol. The maximum absolute atomic E-state index is 13.4. The normalized spacial score (nSPS) is 20.2. The van der Waals surface area contributed by atoms with Crippen molar-refractivity contribution in [3.05, 3.63) is 108 Å². The van der Waals surface area contributed by atoms with E-state index < -0.39 is 12.1 Å². The molecule has 2 atom stereocenters. The fourth-order valence-electron chi connectivity index (χ4n) is 4.52. The van der Waals surface area contributed by atoms with Gasteiger partial charge in [-0.1, -0.05) is 91.0 Å². The fraction of sp³-hybridized carbons (Fsp3) is 0.192. The summed E-state index contributed by atoms with van der Waals surface area (Å²) in [6.07, 6.45) is 0. The van der Waals surface area contributed by atoms with Crippen molar-refractivity contribution in [1.29, 1.82) is 0 Å². The molecule has 5 rings (SSSR count). The second-order valence-corrected chi connectivity index (χ2v) is 8.15. The largest absolute Gasteiger partial charge is 0.322 e. The minimum absolute atomic E-state index is 0.206. The first-order valence-corrected chi connectivity index (χ1v) is 10.7. The van der Waals surface area contributed by atoms with Crippen molar-refractivity contribution in [1.82, 2.24) is 14.7 Å². The zero-order valence-electron chi connectivity index (χ0n) is 17.5. The van der Waals surface area contributed by atoms with Crippen molar-refractivity contribution in [3.63, 3.8) is 0 Å². The first-order valence-electron chi connectivity index (χ1n) is 10.7. The van der Waals surface area contributed by atoms with Crippen LogP contribution in [0.15, 0.2) is 91.0 Å². The SMILES string of the molecule is O=C1[C@@H]2[C@H](C(=O)N1Cc1ccccc1)N(Cc1ccccc1)C(=O)N2Cc1ccccc1. The summed E-state index contributed by atoms with van der Waals surface area (Å²) in [6.45, 7) is 0.771. The monoisotopic (exact) mass is 425 g/mol. The summed E-state index contributed by atoms with van der Waals surface area (Å²) in [6, 6.07) is 26.6. The highest BCUT2D eigenvalue weighted by Gasteiger charge is 2.60. The minimum Gasteiger partial charge on any atom is -0.306 e. The van der Waals surface area contributed by atoms with Gasteiger partial charge in [-0.25, -0.2) is 4.79 Å². The molecule has 0 aromatic heterocycles. The third kappa shape index (κ3) is 3.54. The summed E-state index contributed by atoms with van der Waals surface area (Å²) in [5.74, 6) is -0.632. The zero-order valence-corrected chi connectivity index (χ0v) is 17.5. The Labute approximate surface area is 186 Å². The Morgan fingerprint density at radius 2 is 0.844 bits per heavy atom. The maximum Gasteiger partial charge on any atom is 0.322 e. The lowest BCUT2D eigenvalue weighted by atomic mass is 10.1. The number of fused-ring (bicyclic) bond motifs is 1. The number of carbonyl (C=O) groups excluding carboxylic acids is 3. The molecule has 0 unspecified atom stereocenters. The predicted molar refractivity (Wildman–Crippen MR) is 119 cm³/mol. The van der Waals surface area contributed by atoms with E-state index in [1.165, 1.54) is 4.90 Å². The molecule has 32 heavy (non-hydrogen) atoms. The first kappa shape index (κ1) is 20.0. The van der Waals surface area contributed by atoms with E-state index in [0.29, 0.717) is 0 Å². The molecule has 2 fully saturated rings. The van der Waals surface area contributed by atoms with Gasteiger partial charge in [0, 0.05) is 13.1 Å². The molecular formula is C26H23N3O3. The van der Waals surface area contributed by atoms with Gasteiger partial charge >= 0.3 is 6.03 Å². The summed E-state index contributed by atoms with van der Waals surface area (Å²) < 4.78 is 0. The standard InChI is InChI=1S/C26H23N3O3/c30-24-22-23(25(31)29(24)18-21-14-8-3-9-15-21)28(17-20-12-6-2-7-13-20)26(32)27(22)16-19-10-4-1-5-11-19/h1-15,22-23H,16-18H2/t22-,23+. The molecule has 3 aromatic rings. The first-order chi connectivity index (χ1) is 15.6. The Balaban J connectivity index is 1.48. The van der Waals surface area contributed by atoms with Crippen LogP contribution in [-0.2, 0) is 29.2 Å². The molecule has 2 aliphatic heterocycles. The van der Waals surface area contributed by atoms with Crippen LogP contribution in [0.2, 0.25) is 0 Å². The lowest BCUT2D eigenvalue weighted by Gasteiger charge is -2.25. The summed E-state index contributed by atoms with van der Waals surface area (Å²) in [4.78, 5) is 44.7. The van der Waals surface area contributed by atoms with Crippen molar-refractivity contribution in [2.45, 2.75) is 31.7 Å². The second kappa shape index (κ2) is 8.30. The molecule has 0 radical (unpaired) electrons. The topological polar surface area (TPSA) is 60.9 Å². The molecule has 0 spiro atoms. The van der Waals surface area contributed by atoms with Gasteiger partial charge in [-0.3, -0.25) is 14.5 Å². The molecule has 0 bridgehead atoms. The van der Waals surface area contributed by atoms with Gasteiger partial charge in [0.2, 0.25) is 0 Å². The van der Waals surface area contributed by atoms with Crippen molar-refractivity contribution < 1.29 is 14.4 Å². The minimum atomic E-state index is -0.817. The van der Waals surface area contributed by atoms with E-state index in [4.69, 9.17) is 0 Å². The number of nitrogens with zero attached hydrogens (tertiary/aromatic N) is 3. The average molecular weight is 425 g/mol. The Morgan fingerprint density at radius 1 is 0.500 bits per heavy atom. The van der Waals surface area contributed by atoms with Gasteiger partial charge in [0.05, 0.1) is 6.54 Å². The van der Waals surface area contributed by atoms with E-state index in [0.717, 1.165) is 16.7 Å². The molecule has 3 aromatic carbocycles. The zero-order chi connectivity index (χ0) is 22.1. The van der Waals surface area contributed by atoms with Gasteiger partial charge in [0.15, 0.2) is 0 Å². The molecule has 0 saturated carbocycles. The Morgan fingerprint density at radius 3 is 1.22 bits per heavy atom. The number of rotatable bonds is 6. The number of benzene rings is 3. The molecule has 2 heterocycles. The van der Waals surface area contributed by atoms with Crippen molar-refractivity contribution in [3.8, 4) is 0 Å². The third-order valence-electron chi connectivity index (χ3n) is 6.08. The van der Waals surface area contributed by atoms with Gasteiger partial charge in [-0.15, -0.1) is 0 Å². The summed E-state index contributed by atoms with van der Waals surface area (Å²) in [5.41, 5.74) is 2.72. The van der Waals surface area contributed by atoms with Gasteiger partial charge in [0.25, 0.3) is 11.8 Å². The number of hydrogen-bond donors (Lipinski definition) is 0. The molecule has 6 heteroatoms.